The Morgan fingerprint density at radius 3 is 2.53 bits per heavy atom. The van der Waals surface area contributed by atoms with E-state index < -0.39 is 17.6 Å². The molecule has 0 aliphatic carbocycles. The van der Waals surface area contributed by atoms with Crippen LogP contribution in [0.2, 0.25) is 0 Å². The zero-order chi connectivity index (χ0) is 13.1. The van der Waals surface area contributed by atoms with Gasteiger partial charge in [-0.1, -0.05) is 0 Å². The van der Waals surface area contributed by atoms with Crippen molar-refractivity contribution in [2.24, 2.45) is 5.92 Å². The van der Waals surface area contributed by atoms with Crippen molar-refractivity contribution in [1.29, 1.82) is 0 Å². The van der Waals surface area contributed by atoms with Crippen molar-refractivity contribution in [3.05, 3.63) is 35.4 Å². The molecule has 0 amide bonds. The molecular formula is C13H16ClF2NO2. The molecule has 0 bridgehead atoms. The van der Waals surface area contributed by atoms with Gasteiger partial charge in [0.2, 0.25) is 0 Å². The zero-order valence-electron chi connectivity index (χ0n) is 10.3. The van der Waals surface area contributed by atoms with Crippen LogP contribution in [0.3, 0.4) is 0 Å². The van der Waals surface area contributed by atoms with Crippen molar-refractivity contribution in [3.8, 4) is 0 Å². The molecule has 3 nitrogen and oxygen atoms in total. The van der Waals surface area contributed by atoms with Crippen LogP contribution in [-0.2, 0) is 11.3 Å². The van der Waals surface area contributed by atoms with Gasteiger partial charge < -0.3 is 5.11 Å². The number of rotatable bonds is 3. The average Bonchev–Trinajstić information content (AvgIpc) is 2.34. The second-order valence-electron chi connectivity index (χ2n) is 4.62. The molecular weight excluding hydrogens is 276 g/mol. The third-order valence-electron chi connectivity index (χ3n) is 3.34. The molecule has 0 atom stereocenters. The summed E-state index contributed by atoms with van der Waals surface area (Å²) in [6, 6.07) is 3.41. The van der Waals surface area contributed by atoms with E-state index in [9.17, 15) is 13.6 Å². The Balaban J connectivity index is 0.00000180. The average molecular weight is 292 g/mol. The summed E-state index contributed by atoms with van der Waals surface area (Å²) in [5.41, 5.74) is 0.323. The maximum absolute atomic E-state index is 13.4. The summed E-state index contributed by atoms with van der Waals surface area (Å²) in [5, 5.41) is 8.87. The Hall–Kier alpha value is -1.20. The second kappa shape index (κ2) is 6.82. The van der Waals surface area contributed by atoms with E-state index in [1.165, 1.54) is 6.07 Å². The lowest BCUT2D eigenvalue weighted by Gasteiger charge is -2.30. The summed E-state index contributed by atoms with van der Waals surface area (Å²) in [5.74, 6) is -1.95. The fourth-order valence-corrected chi connectivity index (χ4v) is 2.24. The number of likely N-dealkylation sites (tertiary alicyclic amines) is 1. The summed E-state index contributed by atoms with van der Waals surface area (Å²) < 4.78 is 26.4. The number of benzene rings is 1. The third-order valence-corrected chi connectivity index (χ3v) is 3.34. The van der Waals surface area contributed by atoms with Crippen LogP contribution in [0.4, 0.5) is 8.78 Å². The lowest BCUT2D eigenvalue weighted by atomic mass is 9.97. The van der Waals surface area contributed by atoms with Gasteiger partial charge in [-0.2, -0.15) is 0 Å². The minimum absolute atomic E-state index is 0. The van der Waals surface area contributed by atoms with Crippen molar-refractivity contribution in [2.75, 3.05) is 13.1 Å². The van der Waals surface area contributed by atoms with Crippen molar-refractivity contribution < 1.29 is 18.7 Å². The van der Waals surface area contributed by atoms with Crippen molar-refractivity contribution >= 4 is 18.4 Å². The first-order chi connectivity index (χ1) is 8.56. The minimum Gasteiger partial charge on any atom is -0.481 e. The molecule has 1 heterocycles. The van der Waals surface area contributed by atoms with Crippen LogP contribution in [0.25, 0.3) is 0 Å². The smallest absolute Gasteiger partial charge is 0.306 e. The largest absolute Gasteiger partial charge is 0.481 e. The molecule has 2 rings (SSSR count). The first kappa shape index (κ1) is 15.9. The number of carboxylic acids is 1. The normalized spacial score (nSPS) is 16.9. The van der Waals surface area contributed by atoms with Gasteiger partial charge in [0.15, 0.2) is 0 Å². The first-order valence-corrected chi connectivity index (χ1v) is 5.95. The fourth-order valence-electron chi connectivity index (χ4n) is 2.24. The Bertz CT molecular complexity index is 448. The van der Waals surface area contributed by atoms with Crippen LogP contribution in [0, 0.1) is 17.6 Å². The molecule has 0 radical (unpaired) electrons. The molecule has 0 saturated carbocycles. The number of halogens is 3. The molecule has 106 valence electrons. The lowest BCUT2D eigenvalue weighted by Crippen LogP contribution is -2.36. The Kier molecular flexibility index (Phi) is 5.69. The molecule has 1 fully saturated rings. The van der Waals surface area contributed by atoms with Gasteiger partial charge in [-0.25, -0.2) is 8.78 Å². The predicted octanol–water partition coefficient (Wildman–Crippen LogP) is 2.68. The molecule has 1 aliphatic rings. The molecule has 0 aromatic heterocycles. The Morgan fingerprint density at radius 1 is 1.32 bits per heavy atom. The van der Waals surface area contributed by atoms with Crippen LogP contribution < -0.4 is 0 Å². The third kappa shape index (κ3) is 4.14. The number of carbonyl (C=O) groups is 1. The number of nitrogens with zero attached hydrogens (tertiary/aromatic N) is 1. The number of aliphatic carboxylic acids is 1. The lowest BCUT2D eigenvalue weighted by molar-refractivity contribution is -0.143. The molecule has 1 aliphatic heterocycles. The van der Waals surface area contributed by atoms with Crippen molar-refractivity contribution in [1.82, 2.24) is 4.90 Å². The molecule has 1 aromatic carbocycles. The SMILES string of the molecule is Cl.O=C(O)C1CCN(Cc2cc(F)ccc2F)CC1. The van der Waals surface area contributed by atoms with E-state index in [-0.39, 0.29) is 18.3 Å². The summed E-state index contributed by atoms with van der Waals surface area (Å²) >= 11 is 0. The van der Waals surface area contributed by atoms with Crippen LogP contribution in [0.5, 0.6) is 0 Å². The fraction of sp³-hybridized carbons (Fsp3) is 0.462. The van der Waals surface area contributed by atoms with Gasteiger partial charge in [-0.15, -0.1) is 12.4 Å². The highest BCUT2D eigenvalue weighted by Gasteiger charge is 2.24. The van der Waals surface area contributed by atoms with Crippen LogP contribution in [0.15, 0.2) is 18.2 Å². The first-order valence-electron chi connectivity index (χ1n) is 5.95. The summed E-state index contributed by atoms with van der Waals surface area (Å²) in [6.07, 6.45) is 1.12. The number of carboxylic acid groups (broad SMARTS) is 1. The molecule has 1 saturated heterocycles. The van der Waals surface area contributed by atoms with Crippen molar-refractivity contribution in [2.45, 2.75) is 19.4 Å². The molecule has 1 aromatic rings. The van der Waals surface area contributed by atoms with E-state index in [0.29, 0.717) is 38.0 Å². The van der Waals surface area contributed by atoms with Crippen molar-refractivity contribution in [3.63, 3.8) is 0 Å². The van der Waals surface area contributed by atoms with Gasteiger partial charge in [0, 0.05) is 12.1 Å². The zero-order valence-corrected chi connectivity index (χ0v) is 11.1. The highest BCUT2D eigenvalue weighted by molar-refractivity contribution is 5.85. The van der Waals surface area contributed by atoms with E-state index >= 15 is 0 Å². The van der Waals surface area contributed by atoms with Gasteiger partial charge in [0.05, 0.1) is 5.92 Å². The maximum atomic E-state index is 13.4. The number of piperidine rings is 1. The van der Waals surface area contributed by atoms with E-state index in [1.807, 2.05) is 4.90 Å². The van der Waals surface area contributed by atoms with Gasteiger partial charge >= 0.3 is 5.97 Å². The topological polar surface area (TPSA) is 40.5 Å². The standard InChI is InChI=1S/C13H15F2NO2.ClH/c14-11-1-2-12(15)10(7-11)8-16-5-3-9(4-6-16)13(17)18;/h1-2,7,9H,3-6,8H2,(H,17,18);1H. The van der Waals surface area contributed by atoms with E-state index in [1.54, 1.807) is 0 Å². The molecule has 19 heavy (non-hydrogen) atoms. The molecule has 6 heteroatoms. The second-order valence-corrected chi connectivity index (χ2v) is 4.62. The van der Waals surface area contributed by atoms with E-state index in [4.69, 9.17) is 5.11 Å². The molecule has 1 N–H and O–H groups in total. The van der Waals surface area contributed by atoms with Gasteiger partial charge in [0.1, 0.15) is 11.6 Å². The summed E-state index contributed by atoms with van der Waals surface area (Å²) in [7, 11) is 0. The van der Waals surface area contributed by atoms with Gasteiger partial charge in [-0.05, 0) is 44.1 Å². The quantitative estimate of drug-likeness (QED) is 0.931. The van der Waals surface area contributed by atoms with Crippen LogP contribution in [0.1, 0.15) is 18.4 Å². The minimum atomic E-state index is -0.772. The highest BCUT2D eigenvalue weighted by Crippen LogP contribution is 2.20. The van der Waals surface area contributed by atoms with E-state index in [0.717, 1.165) is 12.1 Å². The Labute approximate surface area is 116 Å². The summed E-state index contributed by atoms with van der Waals surface area (Å²) in [4.78, 5) is 12.7. The molecule has 0 spiro atoms. The predicted molar refractivity (Wildman–Crippen MR) is 69.2 cm³/mol. The monoisotopic (exact) mass is 291 g/mol. The van der Waals surface area contributed by atoms with Gasteiger partial charge in [-0.3, -0.25) is 9.69 Å². The van der Waals surface area contributed by atoms with E-state index in [2.05, 4.69) is 0 Å². The number of hydrogen-bond acceptors (Lipinski definition) is 2. The van der Waals surface area contributed by atoms with Crippen LogP contribution in [-0.4, -0.2) is 29.1 Å². The van der Waals surface area contributed by atoms with Gasteiger partial charge in [0.25, 0.3) is 0 Å². The highest BCUT2D eigenvalue weighted by atomic mass is 35.5. The van der Waals surface area contributed by atoms with Crippen LogP contribution >= 0.6 is 12.4 Å². The Morgan fingerprint density at radius 2 is 1.95 bits per heavy atom. The number of hydrogen-bond donors (Lipinski definition) is 1. The summed E-state index contributed by atoms with van der Waals surface area (Å²) in [6.45, 7) is 1.54. The molecule has 0 unspecified atom stereocenters. The maximum Gasteiger partial charge on any atom is 0.306 e.